The van der Waals surface area contributed by atoms with Crippen molar-refractivity contribution in [3.63, 3.8) is 0 Å². The molecule has 0 aliphatic heterocycles. The highest BCUT2D eigenvalue weighted by Crippen LogP contribution is 2.28. The summed E-state index contributed by atoms with van der Waals surface area (Å²) in [5.41, 5.74) is 3.02. The van der Waals surface area contributed by atoms with E-state index in [4.69, 9.17) is 16.0 Å². The van der Waals surface area contributed by atoms with Gasteiger partial charge >= 0.3 is 0 Å². The van der Waals surface area contributed by atoms with Crippen LogP contribution >= 0.6 is 11.6 Å². The minimum atomic E-state index is -0.0695. The van der Waals surface area contributed by atoms with Crippen molar-refractivity contribution in [3.8, 4) is 0 Å². The minimum Gasteiger partial charge on any atom is -0.459 e. The Balaban J connectivity index is 2.04. The fourth-order valence-electron chi connectivity index (χ4n) is 2.44. The van der Waals surface area contributed by atoms with Crippen molar-refractivity contribution >= 4 is 22.6 Å². The van der Waals surface area contributed by atoms with Crippen molar-refractivity contribution in [1.29, 1.82) is 0 Å². The van der Waals surface area contributed by atoms with Crippen molar-refractivity contribution in [2.45, 2.75) is 19.9 Å². The van der Waals surface area contributed by atoms with Crippen LogP contribution in [0.25, 0.3) is 11.0 Å². The molecule has 3 aromatic rings. The Morgan fingerprint density at radius 1 is 1.24 bits per heavy atom. The molecule has 1 unspecified atom stereocenters. The van der Waals surface area contributed by atoms with Crippen LogP contribution in [0.4, 0.5) is 0 Å². The second-order valence-electron chi connectivity index (χ2n) is 5.08. The van der Waals surface area contributed by atoms with Crippen molar-refractivity contribution < 1.29 is 4.42 Å². The van der Waals surface area contributed by atoms with E-state index in [1.807, 2.05) is 18.2 Å². The van der Waals surface area contributed by atoms with Crippen LogP contribution in [0.3, 0.4) is 0 Å². The van der Waals surface area contributed by atoms with E-state index in [1.54, 1.807) is 6.20 Å². The third-order valence-corrected chi connectivity index (χ3v) is 3.65. The lowest BCUT2D eigenvalue weighted by Gasteiger charge is -2.14. The SMILES string of the molecule is CCNC(c1ccc(Cl)cn1)c1cc2cc(C)ccc2o1. The number of nitrogens with one attached hydrogen (secondary N) is 1. The lowest BCUT2D eigenvalue weighted by Crippen LogP contribution is -2.22. The highest BCUT2D eigenvalue weighted by molar-refractivity contribution is 6.30. The van der Waals surface area contributed by atoms with E-state index < -0.39 is 0 Å². The van der Waals surface area contributed by atoms with Crippen molar-refractivity contribution in [3.05, 3.63) is 64.6 Å². The number of hydrogen-bond acceptors (Lipinski definition) is 3. The molecule has 1 atom stereocenters. The molecule has 2 heterocycles. The molecule has 3 rings (SSSR count). The van der Waals surface area contributed by atoms with Gasteiger partial charge in [-0.3, -0.25) is 4.98 Å². The molecule has 0 aliphatic rings. The third-order valence-electron chi connectivity index (χ3n) is 3.43. The number of benzene rings is 1. The van der Waals surface area contributed by atoms with Gasteiger partial charge in [-0.15, -0.1) is 0 Å². The molecular weight excluding hydrogens is 284 g/mol. The molecule has 2 aromatic heterocycles. The number of fused-ring (bicyclic) bond motifs is 1. The zero-order valence-electron chi connectivity index (χ0n) is 12.1. The molecule has 0 fully saturated rings. The van der Waals surface area contributed by atoms with Gasteiger partial charge < -0.3 is 9.73 Å². The smallest absolute Gasteiger partial charge is 0.134 e. The Bertz CT molecular complexity index is 749. The Morgan fingerprint density at radius 3 is 2.81 bits per heavy atom. The van der Waals surface area contributed by atoms with Crippen LogP contribution in [0, 0.1) is 6.92 Å². The minimum absolute atomic E-state index is 0.0695. The van der Waals surface area contributed by atoms with Gasteiger partial charge in [-0.25, -0.2) is 0 Å². The Morgan fingerprint density at radius 2 is 2.10 bits per heavy atom. The lowest BCUT2D eigenvalue weighted by molar-refractivity contribution is 0.471. The van der Waals surface area contributed by atoms with Gasteiger partial charge in [-0.1, -0.05) is 30.2 Å². The Labute approximate surface area is 128 Å². The average molecular weight is 301 g/mol. The molecule has 3 nitrogen and oxygen atoms in total. The van der Waals surface area contributed by atoms with Crippen LogP contribution in [-0.4, -0.2) is 11.5 Å². The summed E-state index contributed by atoms with van der Waals surface area (Å²) in [6, 6.07) is 12.0. The third kappa shape index (κ3) is 2.94. The quantitative estimate of drug-likeness (QED) is 0.771. The van der Waals surface area contributed by atoms with Crippen LogP contribution < -0.4 is 5.32 Å². The van der Waals surface area contributed by atoms with Crippen molar-refractivity contribution in [2.24, 2.45) is 0 Å². The number of aromatic nitrogens is 1. The molecule has 1 aromatic carbocycles. The molecule has 0 radical (unpaired) electrons. The number of nitrogens with zero attached hydrogens (tertiary/aromatic N) is 1. The van der Waals surface area contributed by atoms with Gasteiger partial charge in [0.1, 0.15) is 17.4 Å². The summed E-state index contributed by atoms with van der Waals surface area (Å²) in [5.74, 6) is 0.868. The molecule has 0 spiro atoms. The molecule has 21 heavy (non-hydrogen) atoms. The maximum Gasteiger partial charge on any atom is 0.134 e. The number of aryl methyl sites for hydroxylation is 1. The maximum atomic E-state index is 5.99. The van der Waals surface area contributed by atoms with Gasteiger partial charge in [0, 0.05) is 11.6 Å². The molecule has 0 aliphatic carbocycles. The highest BCUT2D eigenvalue weighted by Gasteiger charge is 2.19. The van der Waals surface area contributed by atoms with Crippen LogP contribution in [0.2, 0.25) is 5.02 Å². The largest absolute Gasteiger partial charge is 0.459 e. The number of hydrogen-bond donors (Lipinski definition) is 1. The van der Waals surface area contributed by atoms with E-state index >= 15 is 0 Å². The molecule has 108 valence electrons. The second-order valence-corrected chi connectivity index (χ2v) is 5.52. The molecular formula is C17H17ClN2O. The van der Waals surface area contributed by atoms with Crippen LogP contribution in [0.1, 0.15) is 30.0 Å². The summed E-state index contributed by atoms with van der Waals surface area (Å²) in [6.07, 6.45) is 1.66. The molecule has 0 amide bonds. The molecule has 0 saturated carbocycles. The first-order chi connectivity index (χ1) is 10.2. The monoisotopic (exact) mass is 300 g/mol. The summed E-state index contributed by atoms with van der Waals surface area (Å²) in [5, 5.41) is 5.16. The maximum absolute atomic E-state index is 5.99. The van der Waals surface area contributed by atoms with Crippen molar-refractivity contribution in [1.82, 2.24) is 10.3 Å². The molecule has 0 bridgehead atoms. The van der Waals surface area contributed by atoms with E-state index in [9.17, 15) is 0 Å². The van der Waals surface area contributed by atoms with Crippen LogP contribution in [0.15, 0.2) is 47.0 Å². The average Bonchev–Trinajstić information content (AvgIpc) is 2.88. The normalized spacial score (nSPS) is 12.7. The van der Waals surface area contributed by atoms with Crippen LogP contribution in [-0.2, 0) is 0 Å². The highest BCUT2D eigenvalue weighted by atomic mass is 35.5. The number of rotatable bonds is 4. The van der Waals surface area contributed by atoms with Crippen molar-refractivity contribution in [2.75, 3.05) is 6.54 Å². The fourth-order valence-corrected chi connectivity index (χ4v) is 2.55. The number of halogens is 1. The summed E-state index contributed by atoms with van der Waals surface area (Å²) in [6.45, 7) is 4.97. The number of furan rings is 1. The fraction of sp³-hybridized carbons (Fsp3) is 0.235. The summed E-state index contributed by atoms with van der Waals surface area (Å²) < 4.78 is 5.99. The predicted octanol–water partition coefficient (Wildman–Crippen LogP) is 4.49. The van der Waals surface area contributed by atoms with Gasteiger partial charge in [0.05, 0.1) is 10.7 Å². The summed E-state index contributed by atoms with van der Waals surface area (Å²) >= 11 is 5.91. The topological polar surface area (TPSA) is 38.1 Å². The summed E-state index contributed by atoms with van der Waals surface area (Å²) in [7, 11) is 0. The Hall–Kier alpha value is -1.84. The lowest BCUT2D eigenvalue weighted by atomic mass is 10.1. The van der Waals surface area contributed by atoms with Crippen LogP contribution in [0.5, 0.6) is 0 Å². The van der Waals surface area contributed by atoms with Gasteiger partial charge in [0.15, 0.2) is 0 Å². The van der Waals surface area contributed by atoms with Gasteiger partial charge in [0.25, 0.3) is 0 Å². The molecule has 4 heteroatoms. The molecule has 1 N–H and O–H groups in total. The first-order valence-electron chi connectivity index (χ1n) is 7.02. The first kappa shape index (κ1) is 14.1. The summed E-state index contributed by atoms with van der Waals surface area (Å²) in [4.78, 5) is 4.41. The molecule has 0 saturated heterocycles. The second kappa shape index (κ2) is 5.88. The van der Waals surface area contributed by atoms with E-state index in [0.717, 1.165) is 29.0 Å². The standard InChI is InChI=1S/C17H17ClN2O/c1-3-19-17(14-6-5-13(18)10-20-14)16-9-12-8-11(2)4-7-15(12)21-16/h4-10,17,19H,3H2,1-2H3. The van der Waals surface area contributed by atoms with Gasteiger partial charge in [0.2, 0.25) is 0 Å². The predicted molar refractivity (Wildman–Crippen MR) is 85.7 cm³/mol. The first-order valence-corrected chi connectivity index (χ1v) is 7.40. The van der Waals surface area contributed by atoms with Gasteiger partial charge in [-0.2, -0.15) is 0 Å². The zero-order valence-corrected chi connectivity index (χ0v) is 12.8. The zero-order chi connectivity index (χ0) is 14.8. The Kier molecular flexibility index (Phi) is 3.95. The number of pyridine rings is 1. The van der Waals surface area contributed by atoms with E-state index in [2.05, 4.69) is 42.3 Å². The van der Waals surface area contributed by atoms with Gasteiger partial charge in [-0.05, 0) is 43.8 Å². The van der Waals surface area contributed by atoms with E-state index in [1.165, 1.54) is 5.56 Å². The van der Waals surface area contributed by atoms with E-state index in [-0.39, 0.29) is 6.04 Å². The van der Waals surface area contributed by atoms with E-state index in [0.29, 0.717) is 5.02 Å².